The van der Waals surface area contributed by atoms with E-state index in [0.29, 0.717) is 65.2 Å². The first-order valence-electron chi connectivity index (χ1n) is 11.0. The number of ether oxygens (including phenoxy) is 3. The predicted octanol–water partition coefficient (Wildman–Crippen LogP) is 2.89. The van der Waals surface area contributed by atoms with E-state index in [1.165, 1.54) is 6.07 Å². The van der Waals surface area contributed by atoms with Crippen LogP contribution >= 0.6 is 0 Å². The summed E-state index contributed by atoms with van der Waals surface area (Å²) in [5, 5.41) is 19.6. The monoisotopic (exact) mass is 453 g/mol. The molecule has 7 nitrogen and oxygen atoms in total. The lowest BCUT2D eigenvalue weighted by atomic mass is 9.93. The molecule has 2 fully saturated rings. The number of nitrogens with zero attached hydrogens (tertiary/aromatic N) is 2. The second kappa shape index (κ2) is 7.76. The molecule has 0 amide bonds. The van der Waals surface area contributed by atoms with Crippen molar-refractivity contribution in [3.05, 3.63) is 58.3 Å². The Morgan fingerprint density at radius 3 is 2.88 bits per heavy atom. The minimum atomic E-state index is -0.657. The fourth-order valence-corrected chi connectivity index (χ4v) is 5.31. The summed E-state index contributed by atoms with van der Waals surface area (Å²) in [7, 11) is 0. The van der Waals surface area contributed by atoms with Crippen LogP contribution in [0.25, 0.3) is 11.0 Å². The molecule has 2 aromatic heterocycles. The number of pyridine rings is 1. The Balaban J connectivity index is 1.27. The van der Waals surface area contributed by atoms with Crippen molar-refractivity contribution < 1.29 is 28.1 Å². The van der Waals surface area contributed by atoms with E-state index in [2.05, 4.69) is 16.0 Å². The van der Waals surface area contributed by atoms with Crippen LogP contribution in [0.15, 0.2) is 24.3 Å². The number of aromatic amines is 1. The summed E-state index contributed by atoms with van der Waals surface area (Å²) in [6, 6.07) is 7.95. The number of aromatic nitrogens is 2. The third-order valence-electron chi connectivity index (χ3n) is 6.83. The van der Waals surface area contributed by atoms with Crippen molar-refractivity contribution in [1.29, 1.82) is 5.26 Å². The van der Waals surface area contributed by atoms with Gasteiger partial charge in [-0.25, -0.2) is 13.8 Å². The van der Waals surface area contributed by atoms with Crippen molar-refractivity contribution >= 4 is 11.0 Å². The van der Waals surface area contributed by atoms with Crippen LogP contribution in [0.3, 0.4) is 0 Å². The van der Waals surface area contributed by atoms with Gasteiger partial charge in [-0.05, 0) is 48.4 Å². The number of halogens is 2. The Labute approximate surface area is 187 Å². The molecule has 2 aliphatic heterocycles. The highest BCUT2D eigenvalue weighted by Crippen LogP contribution is 2.38. The zero-order valence-electron chi connectivity index (χ0n) is 17.6. The highest BCUT2D eigenvalue weighted by atomic mass is 19.1. The molecule has 0 spiro atoms. The summed E-state index contributed by atoms with van der Waals surface area (Å²) in [4.78, 5) is 7.80. The number of hydrogen-bond donors (Lipinski definition) is 2. The van der Waals surface area contributed by atoms with Gasteiger partial charge in [-0.1, -0.05) is 0 Å². The maximum atomic E-state index is 14.5. The van der Waals surface area contributed by atoms with Gasteiger partial charge in [0.1, 0.15) is 36.0 Å². The van der Waals surface area contributed by atoms with Gasteiger partial charge in [0.15, 0.2) is 12.0 Å². The number of benzene rings is 1. The van der Waals surface area contributed by atoms with Crippen LogP contribution in [0, 0.1) is 23.0 Å². The first-order valence-corrected chi connectivity index (χ1v) is 11.0. The molecule has 3 aromatic rings. The van der Waals surface area contributed by atoms with Crippen molar-refractivity contribution in [2.24, 2.45) is 0 Å². The Morgan fingerprint density at radius 1 is 1.18 bits per heavy atom. The first-order chi connectivity index (χ1) is 16.0. The van der Waals surface area contributed by atoms with Gasteiger partial charge in [0.25, 0.3) is 0 Å². The molecule has 2 saturated heterocycles. The van der Waals surface area contributed by atoms with Crippen LogP contribution in [0.4, 0.5) is 8.78 Å². The van der Waals surface area contributed by atoms with E-state index in [-0.39, 0.29) is 24.7 Å². The van der Waals surface area contributed by atoms with E-state index in [9.17, 15) is 19.1 Å². The average molecular weight is 453 g/mol. The molecule has 6 rings (SSSR count). The number of aliphatic hydroxyl groups is 1. The number of fused-ring (bicyclic) bond motifs is 3. The summed E-state index contributed by atoms with van der Waals surface area (Å²) < 4.78 is 45.3. The van der Waals surface area contributed by atoms with Crippen molar-refractivity contribution in [2.45, 2.75) is 49.6 Å². The summed E-state index contributed by atoms with van der Waals surface area (Å²) in [6.45, 7) is 0.521. The standard InChI is InChI=1S/C24H21F2N3O4/c25-14-3-11-1-2-12(22(11)15(26)6-14)4-16-13(8-27)5-17-18(28-16)7-21(29-17)33-20-10-32-23-19(30)9-31-24(20)23/h3,5-7,12,19-20,23-24,29-30H,1-2,4,9-10H2/t12?,19-,20-,23-,24-/m1/s1. The lowest BCUT2D eigenvalue weighted by Gasteiger charge is -2.16. The molecule has 0 radical (unpaired) electrons. The maximum absolute atomic E-state index is 14.5. The van der Waals surface area contributed by atoms with Crippen molar-refractivity contribution in [2.75, 3.05) is 13.2 Å². The number of aryl methyl sites for hydroxylation is 1. The molecule has 1 aromatic carbocycles. The van der Waals surface area contributed by atoms with E-state index in [1.54, 1.807) is 12.1 Å². The van der Waals surface area contributed by atoms with Crippen LogP contribution in [-0.4, -0.2) is 52.7 Å². The molecule has 3 aliphatic rings. The van der Waals surface area contributed by atoms with Crippen molar-refractivity contribution in [3.8, 4) is 11.9 Å². The SMILES string of the molecule is N#Cc1cc2[nH]c(O[C@@H]3CO[C@H]4[C@@H]3OC[C@H]4O)cc2nc1CC1CCc2cc(F)cc(F)c21. The lowest BCUT2D eigenvalue weighted by Crippen LogP contribution is -2.34. The zero-order valence-corrected chi connectivity index (χ0v) is 17.6. The van der Waals surface area contributed by atoms with E-state index in [0.717, 1.165) is 6.07 Å². The zero-order chi connectivity index (χ0) is 22.7. The maximum Gasteiger partial charge on any atom is 0.193 e. The van der Waals surface area contributed by atoms with Gasteiger partial charge in [0.2, 0.25) is 0 Å². The van der Waals surface area contributed by atoms with E-state index < -0.39 is 23.8 Å². The Morgan fingerprint density at radius 2 is 2.03 bits per heavy atom. The second-order valence-corrected chi connectivity index (χ2v) is 8.88. The molecule has 5 atom stereocenters. The summed E-state index contributed by atoms with van der Waals surface area (Å²) in [6.07, 6.45) is -0.0865. The topological polar surface area (TPSA) is 100 Å². The number of aliphatic hydroxyl groups excluding tert-OH is 1. The normalized spacial score (nSPS) is 28.1. The summed E-state index contributed by atoms with van der Waals surface area (Å²) >= 11 is 0. The van der Waals surface area contributed by atoms with Crippen LogP contribution in [0.2, 0.25) is 0 Å². The van der Waals surface area contributed by atoms with Crippen molar-refractivity contribution in [1.82, 2.24) is 9.97 Å². The number of nitriles is 1. The molecule has 2 N–H and O–H groups in total. The van der Waals surface area contributed by atoms with Crippen LogP contribution in [0.5, 0.6) is 5.88 Å². The van der Waals surface area contributed by atoms with E-state index in [4.69, 9.17) is 14.2 Å². The molecule has 0 saturated carbocycles. The molecule has 4 heterocycles. The molecule has 1 unspecified atom stereocenters. The van der Waals surface area contributed by atoms with Gasteiger partial charge in [-0.15, -0.1) is 0 Å². The van der Waals surface area contributed by atoms with Crippen LogP contribution in [-0.2, 0) is 22.3 Å². The fraction of sp³-hybridized carbons (Fsp3) is 0.417. The number of H-pyrrole nitrogens is 1. The van der Waals surface area contributed by atoms with Gasteiger partial charge < -0.3 is 24.3 Å². The minimum absolute atomic E-state index is 0.161. The predicted molar refractivity (Wildman–Crippen MR) is 112 cm³/mol. The quantitative estimate of drug-likeness (QED) is 0.630. The lowest BCUT2D eigenvalue weighted by molar-refractivity contribution is 0.00794. The Bertz CT molecular complexity index is 1290. The van der Waals surface area contributed by atoms with E-state index in [1.807, 2.05) is 0 Å². The molecule has 1 aliphatic carbocycles. The second-order valence-electron chi connectivity index (χ2n) is 8.88. The summed E-state index contributed by atoms with van der Waals surface area (Å²) in [5.74, 6) is -0.808. The minimum Gasteiger partial charge on any atom is -0.470 e. The van der Waals surface area contributed by atoms with Gasteiger partial charge in [-0.3, -0.25) is 0 Å². The first kappa shape index (κ1) is 20.5. The third kappa shape index (κ3) is 3.46. The third-order valence-corrected chi connectivity index (χ3v) is 6.83. The molecule has 9 heteroatoms. The Hall–Kier alpha value is -3.06. The molecule has 33 heavy (non-hydrogen) atoms. The molecular weight excluding hydrogens is 432 g/mol. The highest BCUT2D eigenvalue weighted by Gasteiger charge is 2.48. The van der Waals surface area contributed by atoms with Crippen molar-refractivity contribution in [3.63, 3.8) is 0 Å². The number of nitrogens with one attached hydrogen (secondary N) is 1. The largest absolute Gasteiger partial charge is 0.470 e. The van der Waals surface area contributed by atoms with Gasteiger partial charge in [0.05, 0.1) is 35.5 Å². The molecule has 0 bridgehead atoms. The smallest absolute Gasteiger partial charge is 0.193 e. The molecule has 170 valence electrons. The number of hydrogen-bond acceptors (Lipinski definition) is 6. The van der Waals surface area contributed by atoms with Gasteiger partial charge in [0, 0.05) is 12.1 Å². The molecular formula is C24H21F2N3O4. The van der Waals surface area contributed by atoms with Gasteiger partial charge in [-0.2, -0.15) is 5.26 Å². The fourth-order valence-electron chi connectivity index (χ4n) is 5.31. The van der Waals surface area contributed by atoms with E-state index >= 15 is 0 Å². The Kier molecular flexibility index (Phi) is 4.83. The average Bonchev–Trinajstić information content (AvgIpc) is 3.54. The number of rotatable bonds is 4. The van der Waals surface area contributed by atoms with Crippen LogP contribution < -0.4 is 4.74 Å². The van der Waals surface area contributed by atoms with Crippen LogP contribution in [0.1, 0.15) is 34.7 Å². The highest BCUT2D eigenvalue weighted by molar-refractivity contribution is 5.79. The van der Waals surface area contributed by atoms with Gasteiger partial charge >= 0.3 is 0 Å². The summed E-state index contributed by atoms with van der Waals surface area (Å²) in [5.41, 5.74) is 3.45.